The quantitative estimate of drug-likeness (QED) is 0.215. The predicted octanol–water partition coefficient (Wildman–Crippen LogP) is 7.08. The number of hydrogen-bond acceptors (Lipinski definition) is 6. The second-order valence-electron chi connectivity index (χ2n) is 9.38. The van der Waals surface area contributed by atoms with Crippen LogP contribution >= 0.6 is 11.6 Å². The van der Waals surface area contributed by atoms with Crippen LogP contribution in [0.4, 0.5) is 5.82 Å². The average molecular weight is 502 g/mol. The molecule has 0 unspecified atom stereocenters. The minimum Gasteiger partial charge on any atom is -0.465 e. The Morgan fingerprint density at radius 1 is 1.11 bits per heavy atom. The molecule has 4 rings (SSSR count). The lowest BCUT2D eigenvalue weighted by Crippen LogP contribution is -2.27. The number of ether oxygens (including phenoxy) is 1. The number of esters is 1. The summed E-state index contributed by atoms with van der Waals surface area (Å²) in [5, 5.41) is 3.85. The standard InChI is InChI=1S/C29H28ClN3O3/c1-19-15-21(12-13-23(19)30)26-18-31-27(24(32-26)16-20-9-6-5-7-10-20)33-25(17-22-11-8-14-35-22)28(34)36-29(2,3)4/h5-15,17-18H,16H2,1-4H3,(H,31,33)/b25-17-. The van der Waals surface area contributed by atoms with E-state index in [9.17, 15) is 4.79 Å². The van der Waals surface area contributed by atoms with Crippen LogP contribution in [-0.2, 0) is 16.0 Å². The summed E-state index contributed by atoms with van der Waals surface area (Å²) in [6.45, 7) is 7.41. The van der Waals surface area contributed by atoms with Gasteiger partial charge < -0.3 is 14.5 Å². The molecule has 0 fully saturated rings. The number of carbonyl (C=O) groups is 1. The maximum absolute atomic E-state index is 13.1. The second kappa shape index (κ2) is 10.8. The van der Waals surface area contributed by atoms with Crippen LogP contribution in [0, 0.1) is 6.92 Å². The predicted molar refractivity (Wildman–Crippen MR) is 143 cm³/mol. The van der Waals surface area contributed by atoms with Crippen molar-refractivity contribution < 1.29 is 13.9 Å². The van der Waals surface area contributed by atoms with E-state index in [1.807, 2.05) is 76.2 Å². The summed E-state index contributed by atoms with van der Waals surface area (Å²) in [4.78, 5) is 22.6. The normalized spacial score (nSPS) is 11.9. The van der Waals surface area contributed by atoms with Crippen LogP contribution in [0.2, 0.25) is 5.02 Å². The van der Waals surface area contributed by atoms with Crippen LogP contribution in [0.1, 0.15) is 43.4 Å². The Kier molecular flexibility index (Phi) is 7.55. The Bertz CT molecular complexity index is 1370. The van der Waals surface area contributed by atoms with Crippen molar-refractivity contribution in [2.75, 3.05) is 5.32 Å². The number of benzene rings is 2. The van der Waals surface area contributed by atoms with Gasteiger partial charge in [0.05, 0.1) is 23.8 Å². The molecule has 2 heterocycles. The number of aromatic nitrogens is 2. The Balaban J connectivity index is 1.75. The monoisotopic (exact) mass is 501 g/mol. The van der Waals surface area contributed by atoms with Gasteiger partial charge in [-0.1, -0.05) is 48.0 Å². The van der Waals surface area contributed by atoms with E-state index in [-0.39, 0.29) is 5.70 Å². The van der Waals surface area contributed by atoms with E-state index >= 15 is 0 Å². The number of anilines is 1. The molecule has 0 saturated carbocycles. The van der Waals surface area contributed by atoms with Gasteiger partial charge in [-0.05, 0) is 63.1 Å². The van der Waals surface area contributed by atoms with E-state index in [0.29, 0.717) is 34.4 Å². The molecule has 4 aromatic rings. The molecule has 184 valence electrons. The SMILES string of the molecule is Cc1cc(-c2cnc(N/C(=C\c3ccco3)C(=O)OC(C)(C)C)c(Cc3ccccc3)n2)ccc1Cl. The number of halogens is 1. The van der Waals surface area contributed by atoms with Gasteiger partial charge in [0.1, 0.15) is 17.1 Å². The molecule has 1 N–H and O–H groups in total. The second-order valence-corrected chi connectivity index (χ2v) is 9.78. The van der Waals surface area contributed by atoms with Crippen molar-refractivity contribution in [3.63, 3.8) is 0 Å². The topological polar surface area (TPSA) is 77.2 Å². The molecule has 0 aliphatic heterocycles. The first-order valence-electron chi connectivity index (χ1n) is 11.6. The summed E-state index contributed by atoms with van der Waals surface area (Å²) >= 11 is 6.22. The lowest BCUT2D eigenvalue weighted by molar-refractivity contribution is -0.149. The van der Waals surface area contributed by atoms with Crippen LogP contribution in [0.15, 0.2) is 83.2 Å². The van der Waals surface area contributed by atoms with E-state index in [2.05, 4.69) is 10.3 Å². The summed E-state index contributed by atoms with van der Waals surface area (Å²) in [7, 11) is 0. The highest BCUT2D eigenvalue weighted by Crippen LogP contribution is 2.27. The highest BCUT2D eigenvalue weighted by atomic mass is 35.5. The summed E-state index contributed by atoms with van der Waals surface area (Å²) in [5.41, 5.74) is 3.84. The first-order chi connectivity index (χ1) is 17.2. The first-order valence-corrected chi connectivity index (χ1v) is 12.0. The Labute approximate surface area is 216 Å². The number of hydrogen-bond donors (Lipinski definition) is 1. The molecule has 0 aliphatic rings. The van der Waals surface area contributed by atoms with Crippen molar-refractivity contribution in [2.45, 2.75) is 39.7 Å². The Morgan fingerprint density at radius 2 is 1.89 bits per heavy atom. The molecule has 7 heteroatoms. The fourth-order valence-corrected chi connectivity index (χ4v) is 3.63. The summed E-state index contributed by atoms with van der Waals surface area (Å²) in [6, 6.07) is 19.2. The minimum absolute atomic E-state index is 0.193. The molecule has 0 amide bonds. The van der Waals surface area contributed by atoms with Gasteiger partial charge in [-0.3, -0.25) is 0 Å². The first kappa shape index (κ1) is 25.2. The van der Waals surface area contributed by atoms with Crippen LogP contribution < -0.4 is 5.32 Å². The van der Waals surface area contributed by atoms with Crippen LogP contribution in [-0.4, -0.2) is 21.5 Å². The number of furan rings is 1. The van der Waals surface area contributed by atoms with Crippen molar-refractivity contribution >= 4 is 29.5 Å². The number of carbonyl (C=O) groups excluding carboxylic acids is 1. The summed E-state index contributed by atoms with van der Waals surface area (Å²) < 4.78 is 11.1. The molecular weight excluding hydrogens is 474 g/mol. The van der Waals surface area contributed by atoms with Crippen molar-refractivity contribution in [1.29, 1.82) is 0 Å². The molecule has 6 nitrogen and oxygen atoms in total. The number of rotatable bonds is 7. The molecule has 0 spiro atoms. The van der Waals surface area contributed by atoms with Gasteiger partial charge in [-0.15, -0.1) is 0 Å². The maximum Gasteiger partial charge on any atom is 0.355 e. The van der Waals surface area contributed by atoms with Gasteiger partial charge in [0.15, 0.2) is 5.82 Å². The molecular formula is C29H28ClN3O3. The molecule has 0 bridgehead atoms. The molecule has 2 aromatic carbocycles. The lowest BCUT2D eigenvalue weighted by Gasteiger charge is -2.21. The lowest BCUT2D eigenvalue weighted by atomic mass is 10.1. The third-order valence-corrected chi connectivity index (χ3v) is 5.64. The van der Waals surface area contributed by atoms with E-state index in [1.54, 1.807) is 30.7 Å². The highest BCUT2D eigenvalue weighted by molar-refractivity contribution is 6.31. The maximum atomic E-state index is 13.1. The molecule has 0 saturated heterocycles. The van der Waals surface area contributed by atoms with Gasteiger partial charge in [-0.2, -0.15) is 0 Å². The van der Waals surface area contributed by atoms with E-state index < -0.39 is 11.6 Å². The number of nitrogens with one attached hydrogen (secondary N) is 1. The van der Waals surface area contributed by atoms with Crippen molar-refractivity contribution in [3.8, 4) is 11.3 Å². The van der Waals surface area contributed by atoms with Crippen molar-refractivity contribution in [2.24, 2.45) is 0 Å². The largest absolute Gasteiger partial charge is 0.465 e. The fraction of sp³-hybridized carbons (Fsp3) is 0.207. The van der Waals surface area contributed by atoms with Crippen molar-refractivity contribution in [3.05, 3.63) is 106 Å². The van der Waals surface area contributed by atoms with E-state index in [1.165, 1.54) is 0 Å². The summed E-state index contributed by atoms with van der Waals surface area (Å²) in [5.74, 6) is 0.440. The van der Waals surface area contributed by atoms with Crippen LogP contribution in [0.25, 0.3) is 17.3 Å². The molecule has 36 heavy (non-hydrogen) atoms. The highest BCUT2D eigenvalue weighted by Gasteiger charge is 2.22. The van der Waals surface area contributed by atoms with Gasteiger partial charge in [0.2, 0.25) is 0 Å². The summed E-state index contributed by atoms with van der Waals surface area (Å²) in [6.07, 6.45) is 5.33. The van der Waals surface area contributed by atoms with Crippen LogP contribution in [0.3, 0.4) is 0 Å². The molecule has 0 atom stereocenters. The Morgan fingerprint density at radius 3 is 2.56 bits per heavy atom. The van der Waals surface area contributed by atoms with E-state index in [4.69, 9.17) is 25.7 Å². The number of nitrogens with zero attached hydrogens (tertiary/aromatic N) is 2. The molecule has 0 radical (unpaired) electrons. The average Bonchev–Trinajstić information content (AvgIpc) is 3.34. The zero-order valence-corrected chi connectivity index (χ0v) is 21.5. The fourth-order valence-electron chi connectivity index (χ4n) is 3.51. The molecule has 0 aliphatic carbocycles. The number of aryl methyl sites for hydroxylation is 1. The Hall–Kier alpha value is -3.90. The van der Waals surface area contributed by atoms with Crippen molar-refractivity contribution in [1.82, 2.24) is 9.97 Å². The van der Waals surface area contributed by atoms with Gasteiger partial charge in [0.25, 0.3) is 0 Å². The van der Waals surface area contributed by atoms with Gasteiger partial charge >= 0.3 is 5.97 Å². The van der Waals surface area contributed by atoms with Gasteiger partial charge in [-0.25, -0.2) is 14.8 Å². The zero-order chi connectivity index (χ0) is 25.7. The molecule has 2 aromatic heterocycles. The van der Waals surface area contributed by atoms with E-state index in [0.717, 1.165) is 16.7 Å². The smallest absolute Gasteiger partial charge is 0.355 e. The third kappa shape index (κ3) is 6.61. The zero-order valence-electron chi connectivity index (χ0n) is 20.7. The van der Waals surface area contributed by atoms with Gasteiger partial charge in [0, 0.05) is 23.1 Å². The minimum atomic E-state index is -0.671. The van der Waals surface area contributed by atoms with Crippen LogP contribution in [0.5, 0.6) is 0 Å². The third-order valence-electron chi connectivity index (χ3n) is 5.21.